The van der Waals surface area contributed by atoms with Crippen molar-refractivity contribution in [3.05, 3.63) is 48.3 Å². The minimum atomic E-state index is -0.461. The molecular weight excluding hydrogens is 359 g/mol. The summed E-state index contributed by atoms with van der Waals surface area (Å²) >= 11 is 0. The SMILES string of the molecule is Nc1ccc2c(c1)NC(=O)C(CCCN1CCN(c3ccc(F)cc3)CC1)O2. The number of anilines is 3. The highest BCUT2D eigenvalue weighted by Gasteiger charge is 2.27. The van der Waals surface area contributed by atoms with Crippen LogP contribution in [0, 0.1) is 5.82 Å². The van der Waals surface area contributed by atoms with Crippen molar-refractivity contribution >= 4 is 23.0 Å². The molecule has 148 valence electrons. The predicted octanol–water partition coefficient (Wildman–Crippen LogP) is 2.71. The smallest absolute Gasteiger partial charge is 0.265 e. The highest BCUT2D eigenvalue weighted by molar-refractivity contribution is 5.98. The number of nitrogens with zero attached hydrogens (tertiary/aromatic N) is 2. The summed E-state index contributed by atoms with van der Waals surface area (Å²) in [7, 11) is 0. The summed E-state index contributed by atoms with van der Waals surface area (Å²) in [6.07, 6.45) is 1.10. The number of hydrogen-bond acceptors (Lipinski definition) is 5. The molecule has 0 spiro atoms. The molecule has 1 saturated heterocycles. The molecule has 0 aromatic heterocycles. The second-order valence-electron chi connectivity index (χ2n) is 7.30. The third-order valence-corrected chi connectivity index (χ3v) is 5.33. The molecule has 0 aliphatic carbocycles. The number of nitrogens with one attached hydrogen (secondary N) is 1. The van der Waals surface area contributed by atoms with Crippen LogP contribution in [0.5, 0.6) is 5.75 Å². The fraction of sp³-hybridized carbons (Fsp3) is 0.381. The van der Waals surface area contributed by atoms with E-state index in [-0.39, 0.29) is 11.7 Å². The molecule has 1 atom stereocenters. The van der Waals surface area contributed by atoms with Gasteiger partial charge in [-0.15, -0.1) is 0 Å². The van der Waals surface area contributed by atoms with Gasteiger partial charge in [-0.1, -0.05) is 0 Å². The summed E-state index contributed by atoms with van der Waals surface area (Å²) in [6.45, 7) is 4.68. The van der Waals surface area contributed by atoms with Crippen LogP contribution in [-0.2, 0) is 4.79 Å². The van der Waals surface area contributed by atoms with E-state index < -0.39 is 6.10 Å². The van der Waals surface area contributed by atoms with Gasteiger partial charge in [0.25, 0.3) is 5.91 Å². The molecule has 4 rings (SSSR count). The molecule has 2 aromatic carbocycles. The molecule has 2 aliphatic heterocycles. The van der Waals surface area contributed by atoms with Crippen molar-refractivity contribution in [1.29, 1.82) is 0 Å². The number of amides is 1. The Morgan fingerprint density at radius 1 is 1.11 bits per heavy atom. The quantitative estimate of drug-likeness (QED) is 0.776. The zero-order valence-corrected chi connectivity index (χ0v) is 15.7. The van der Waals surface area contributed by atoms with E-state index in [0.717, 1.165) is 44.8 Å². The largest absolute Gasteiger partial charge is 0.478 e. The van der Waals surface area contributed by atoms with Gasteiger partial charge in [-0.2, -0.15) is 0 Å². The van der Waals surface area contributed by atoms with E-state index in [1.807, 2.05) is 12.1 Å². The number of nitrogen functional groups attached to an aromatic ring is 1. The van der Waals surface area contributed by atoms with E-state index in [1.54, 1.807) is 18.2 Å². The molecule has 28 heavy (non-hydrogen) atoms. The lowest BCUT2D eigenvalue weighted by Crippen LogP contribution is -2.47. The van der Waals surface area contributed by atoms with Gasteiger partial charge in [-0.25, -0.2) is 4.39 Å². The zero-order chi connectivity index (χ0) is 19.5. The molecule has 2 aromatic rings. The van der Waals surface area contributed by atoms with Crippen LogP contribution in [0.25, 0.3) is 0 Å². The van der Waals surface area contributed by atoms with E-state index in [9.17, 15) is 9.18 Å². The number of fused-ring (bicyclic) bond motifs is 1. The molecule has 0 radical (unpaired) electrons. The van der Waals surface area contributed by atoms with Crippen molar-refractivity contribution in [3.63, 3.8) is 0 Å². The van der Waals surface area contributed by atoms with E-state index in [1.165, 1.54) is 12.1 Å². The van der Waals surface area contributed by atoms with Gasteiger partial charge in [-0.3, -0.25) is 9.69 Å². The highest BCUT2D eigenvalue weighted by atomic mass is 19.1. The standard InChI is InChI=1S/C21H25FN4O2/c22-15-3-6-17(7-4-15)26-12-10-25(11-13-26)9-1-2-20-21(27)24-18-14-16(23)5-8-19(18)28-20/h3-8,14,20H,1-2,9-13,23H2,(H,24,27). The van der Waals surface area contributed by atoms with Gasteiger partial charge in [0.15, 0.2) is 6.10 Å². The van der Waals surface area contributed by atoms with Crippen LogP contribution in [0.1, 0.15) is 12.8 Å². The Kier molecular flexibility index (Phi) is 5.34. The van der Waals surface area contributed by atoms with Crippen LogP contribution in [0.2, 0.25) is 0 Å². The Labute approximate surface area is 164 Å². The number of rotatable bonds is 5. The third-order valence-electron chi connectivity index (χ3n) is 5.33. The molecular formula is C21H25FN4O2. The average Bonchev–Trinajstić information content (AvgIpc) is 2.70. The molecule has 7 heteroatoms. The molecule has 6 nitrogen and oxygen atoms in total. The van der Waals surface area contributed by atoms with Crippen molar-refractivity contribution in [2.75, 3.05) is 48.7 Å². The van der Waals surface area contributed by atoms with Crippen LogP contribution < -0.4 is 20.7 Å². The van der Waals surface area contributed by atoms with E-state index in [4.69, 9.17) is 10.5 Å². The maximum Gasteiger partial charge on any atom is 0.265 e. The lowest BCUT2D eigenvalue weighted by molar-refractivity contribution is -0.123. The van der Waals surface area contributed by atoms with Gasteiger partial charge >= 0.3 is 0 Å². The Balaban J connectivity index is 1.22. The van der Waals surface area contributed by atoms with Gasteiger partial charge < -0.3 is 20.7 Å². The van der Waals surface area contributed by atoms with E-state index in [2.05, 4.69) is 15.1 Å². The summed E-state index contributed by atoms with van der Waals surface area (Å²) in [5.74, 6) is 0.355. The van der Waals surface area contributed by atoms with Gasteiger partial charge in [0.05, 0.1) is 5.69 Å². The first-order valence-electron chi connectivity index (χ1n) is 9.68. The van der Waals surface area contributed by atoms with Crippen molar-refractivity contribution in [3.8, 4) is 5.75 Å². The maximum absolute atomic E-state index is 13.1. The third kappa shape index (κ3) is 4.20. The number of carbonyl (C=O) groups is 1. The maximum atomic E-state index is 13.1. The number of benzene rings is 2. The molecule has 1 unspecified atom stereocenters. The van der Waals surface area contributed by atoms with Gasteiger partial charge in [-0.05, 0) is 61.9 Å². The first kappa shape index (κ1) is 18.6. The molecule has 0 saturated carbocycles. The monoisotopic (exact) mass is 384 g/mol. The highest BCUT2D eigenvalue weighted by Crippen LogP contribution is 2.32. The Hall–Kier alpha value is -2.80. The molecule has 0 bridgehead atoms. The number of hydrogen-bond donors (Lipinski definition) is 2. The number of ether oxygens (including phenoxy) is 1. The number of halogens is 1. The van der Waals surface area contributed by atoms with Crippen LogP contribution >= 0.6 is 0 Å². The van der Waals surface area contributed by atoms with Crippen molar-refractivity contribution in [1.82, 2.24) is 4.90 Å². The minimum absolute atomic E-state index is 0.112. The second-order valence-corrected chi connectivity index (χ2v) is 7.30. The summed E-state index contributed by atoms with van der Waals surface area (Å²) in [5.41, 5.74) is 8.04. The number of piperazine rings is 1. The number of carbonyl (C=O) groups excluding carboxylic acids is 1. The minimum Gasteiger partial charge on any atom is -0.478 e. The first-order valence-corrected chi connectivity index (χ1v) is 9.68. The summed E-state index contributed by atoms with van der Waals surface area (Å²) in [6, 6.07) is 11.9. The second kappa shape index (κ2) is 8.06. The lowest BCUT2D eigenvalue weighted by atomic mass is 10.1. The normalized spacial score (nSPS) is 19.7. The zero-order valence-electron chi connectivity index (χ0n) is 15.7. The molecule has 3 N–H and O–H groups in total. The van der Waals surface area contributed by atoms with Gasteiger partial charge in [0.2, 0.25) is 0 Å². The van der Waals surface area contributed by atoms with Crippen LogP contribution in [0.3, 0.4) is 0 Å². The number of nitrogens with two attached hydrogens (primary N) is 1. The lowest BCUT2D eigenvalue weighted by Gasteiger charge is -2.36. The van der Waals surface area contributed by atoms with E-state index in [0.29, 0.717) is 23.5 Å². The molecule has 1 amide bonds. The van der Waals surface area contributed by atoms with Crippen LogP contribution in [0.15, 0.2) is 42.5 Å². The predicted molar refractivity (Wildman–Crippen MR) is 108 cm³/mol. The van der Waals surface area contributed by atoms with Crippen LogP contribution in [-0.4, -0.2) is 49.6 Å². The summed E-state index contributed by atoms with van der Waals surface area (Å²) in [4.78, 5) is 16.9. The first-order chi connectivity index (χ1) is 13.6. The van der Waals surface area contributed by atoms with Crippen molar-refractivity contribution in [2.45, 2.75) is 18.9 Å². The summed E-state index contributed by atoms with van der Waals surface area (Å²) in [5, 5.41) is 2.88. The topological polar surface area (TPSA) is 70.8 Å². The Morgan fingerprint density at radius 3 is 2.61 bits per heavy atom. The van der Waals surface area contributed by atoms with E-state index >= 15 is 0 Å². The van der Waals surface area contributed by atoms with Crippen LogP contribution in [0.4, 0.5) is 21.5 Å². The Bertz CT molecular complexity index is 835. The Morgan fingerprint density at radius 2 is 1.86 bits per heavy atom. The molecule has 2 heterocycles. The molecule has 2 aliphatic rings. The van der Waals surface area contributed by atoms with Crippen molar-refractivity contribution in [2.24, 2.45) is 0 Å². The summed E-state index contributed by atoms with van der Waals surface area (Å²) < 4.78 is 18.9. The average molecular weight is 384 g/mol. The van der Waals surface area contributed by atoms with Crippen molar-refractivity contribution < 1.29 is 13.9 Å². The molecule has 1 fully saturated rings. The fourth-order valence-corrected chi connectivity index (χ4v) is 3.74. The fourth-order valence-electron chi connectivity index (χ4n) is 3.74. The van der Waals surface area contributed by atoms with Gasteiger partial charge in [0.1, 0.15) is 11.6 Å². The van der Waals surface area contributed by atoms with Gasteiger partial charge in [0, 0.05) is 37.6 Å².